The summed E-state index contributed by atoms with van der Waals surface area (Å²) < 4.78 is 5.53. The van der Waals surface area contributed by atoms with Crippen molar-refractivity contribution in [1.82, 2.24) is 15.5 Å². The highest BCUT2D eigenvalue weighted by molar-refractivity contribution is 14.0. The van der Waals surface area contributed by atoms with Gasteiger partial charge in [-0.2, -0.15) is 0 Å². The van der Waals surface area contributed by atoms with Gasteiger partial charge in [-0.05, 0) is 38.5 Å². The Morgan fingerprint density at radius 1 is 1.30 bits per heavy atom. The zero-order chi connectivity index (χ0) is 19.0. The molecule has 2 saturated carbocycles. The summed E-state index contributed by atoms with van der Waals surface area (Å²) in [5.41, 5.74) is -0.377. The van der Waals surface area contributed by atoms with E-state index in [0.29, 0.717) is 31.6 Å². The quantitative estimate of drug-likeness (QED) is 0.243. The van der Waals surface area contributed by atoms with E-state index in [0.717, 1.165) is 38.8 Å². The molecule has 2 fully saturated rings. The highest BCUT2D eigenvalue weighted by Gasteiger charge is 2.42. The fourth-order valence-electron chi connectivity index (χ4n) is 3.47. The molecule has 1 unspecified atom stereocenters. The van der Waals surface area contributed by atoms with Gasteiger partial charge in [0.1, 0.15) is 0 Å². The van der Waals surface area contributed by atoms with E-state index in [1.807, 2.05) is 21.0 Å². The third-order valence-corrected chi connectivity index (χ3v) is 5.17. The first kappa shape index (κ1) is 24.4. The van der Waals surface area contributed by atoms with Crippen LogP contribution in [0.25, 0.3) is 0 Å². The molecule has 2 aliphatic carbocycles. The van der Waals surface area contributed by atoms with E-state index in [2.05, 4.69) is 15.6 Å². The van der Waals surface area contributed by atoms with Gasteiger partial charge >= 0.3 is 0 Å². The van der Waals surface area contributed by atoms with Crippen LogP contribution in [0.5, 0.6) is 0 Å². The second kappa shape index (κ2) is 12.1. The third-order valence-electron chi connectivity index (χ3n) is 5.17. The molecule has 2 rings (SSSR count). The van der Waals surface area contributed by atoms with Crippen molar-refractivity contribution in [1.29, 1.82) is 0 Å². The van der Waals surface area contributed by atoms with Crippen LogP contribution in [0.2, 0.25) is 0 Å². The summed E-state index contributed by atoms with van der Waals surface area (Å²) in [5.74, 6) is 1.51. The maximum Gasteiger partial charge on any atom is 0.230 e. The van der Waals surface area contributed by atoms with E-state index in [9.17, 15) is 9.90 Å². The lowest BCUT2D eigenvalue weighted by Crippen LogP contribution is -2.44. The number of nitrogens with one attached hydrogen (secondary N) is 2. The van der Waals surface area contributed by atoms with E-state index in [1.165, 1.54) is 12.8 Å². The standard InChI is InChI=1S/C19H36N4O3.HI/c1-4-20-18(21-11-16(24)13-26-12-15-7-8-15)22-14-19(9-5-6-10-19)17(25)23(2)3;/h15-16,24H,4-14H2,1-3H3,(H2,20,21,22);1H. The van der Waals surface area contributed by atoms with E-state index in [4.69, 9.17) is 4.74 Å². The maximum absolute atomic E-state index is 12.6. The van der Waals surface area contributed by atoms with Gasteiger partial charge in [-0.15, -0.1) is 24.0 Å². The molecule has 7 nitrogen and oxygen atoms in total. The van der Waals surface area contributed by atoms with E-state index in [-0.39, 0.29) is 35.3 Å². The lowest BCUT2D eigenvalue weighted by Gasteiger charge is -2.29. The second-order valence-electron chi connectivity index (χ2n) is 7.90. The molecule has 0 heterocycles. The highest BCUT2D eigenvalue weighted by Crippen LogP contribution is 2.39. The van der Waals surface area contributed by atoms with Crippen LogP contribution in [-0.2, 0) is 9.53 Å². The summed E-state index contributed by atoms with van der Waals surface area (Å²) >= 11 is 0. The molecular weight excluding hydrogens is 459 g/mol. The summed E-state index contributed by atoms with van der Waals surface area (Å²) in [6, 6.07) is 0. The Balaban J connectivity index is 0.00000364. The van der Waals surface area contributed by atoms with Gasteiger partial charge in [0, 0.05) is 33.8 Å². The van der Waals surface area contributed by atoms with Crippen molar-refractivity contribution in [2.75, 3.05) is 46.9 Å². The summed E-state index contributed by atoms with van der Waals surface area (Å²) in [4.78, 5) is 19.0. The molecule has 27 heavy (non-hydrogen) atoms. The van der Waals surface area contributed by atoms with Crippen LogP contribution in [0.1, 0.15) is 45.4 Å². The third kappa shape index (κ3) is 8.11. The number of nitrogens with zero attached hydrogens (tertiary/aromatic N) is 2. The number of guanidine groups is 1. The van der Waals surface area contributed by atoms with Crippen molar-refractivity contribution in [2.24, 2.45) is 16.3 Å². The van der Waals surface area contributed by atoms with Gasteiger partial charge in [-0.1, -0.05) is 12.8 Å². The van der Waals surface area contributed by atoms with Gasteiger partial charge in [-0.3, -0.25) is 9.79 Å². The van der Waals surface area contributed by atoms with E-state index in [1.54, 1.807) is 4.90 Å². The number of carbonyl (C=O) groups excluding carboxylic acids is 1. The Bertz CT molecular complexity index is 478. The number of amides is 1. The van der Waals surface area contributed by atoms with Gasteiger partial charge in [0.15, 0.2) is 5.96 Å². The maximum atomic E-state index is 12.6. The molecule has 3 N–H and O–H groups in total. The first-order valence-electron chi connectivity index (χ1n) is 9.96. The predicted molar refractivity (Wildman–Crippen MR) is 119 cm³/mol. The number of halogens is 1. The Hall–Kier alpha value is -0.610. The second-order valence-corrected chi connectivity index (χ2v) is 7.90. The molecule has 0 aliphatic heterocycles. The van der Waals surface area contributed by atoms with Crippen LogP contribution in [0, 0.1) is 11.3 Å². The molecule has 0 aromatic carbocycles. The fraction of sp³-hybridized carbons (Fsp3) is 0.895. The van der Waals surface area contributed by atoms with Gasteiger partial charge in [0.2, 0.25) is 5.91 Å². The minimum absolute atomic E-state index is 0. The van der Waals surface area contributed by atoms with Crippen LogP contribution >= 0.6 is 24.0 Å². The number of rotatable bonds is 10. The van der Waals surface area contributed by atoms with E-state index < -0.39 is 6.10 Å². The molecule has 1 amide bonds. The van der Waals surface area contributed by atoms with Gasteiger partial charge in [-0.25, -0.2) is 0 Å². The van der Waals surface area contributed by atoms with Crippen molar-refractivity contribution in [2.45, 2.75) is 51.6 Å². The van der Waals surface area contributed by atoms with Crippen LogP contribution in [0.4, 0.5) is 0 Å². The summed E-state index contributed by atoms with van der Waals surface area (Å²) in [7, 11) is 3.63. The molecule has 0 bridgehead atoms. The number of aliphatic hydroxyl groups excluding tert-OH is 1. The lowest BCUT2D eigenvalue weighted by atomic mass is 9.85. The fourth-order valence-corrected chi connectivity index (χ4v) is 3.47. The van der Waals surface area contributed by atoms with Crippen molar-refractivity contribution in [3.8, 4) is 0 Å². The van der Waals surface area contributed by atoms with Gasteiger partial charge in [0.25, 0.3) is 0 Å². The molecule has 0 radical (unpaired) electrons. The van der Waals surface area contributed by atoms with E-state index >= 15 is 0 Å². The Morgan fingerprint density at radius 3 is 2.52 bits per heavy atom. The minimum Gasteiger partial charge on any atom is -0.389 e. The molecule has 0 aromatic heterocycles. The van der Waals surface area contributed by atoms with Gasteiger partial charge < -0.3 is 25.4 Å². The summed E-state index contributed by atoms with van der Waals surface area (Å²) in [6.07, 6.45) is 5.88. The Kier molecular flexibility index (Phi) is 10.9. The van der Waals surface area contributed by atoms with Crippen LogP contribution < -0.4 is 10.6 Å². The molecule has 1 atom stereocenters. The topological polar surface area (TPSA) is 86.2 Å². The number of carbonyl (C=O) groups is 1. The normalized spacial score (nSPS) is 19.9. The number of aliphatic hydroxyl groups is 1. The van der Waals surface area contributed by atoms with Crippen LogP contribution in [-0.4, -0.2) is 74.9 Å². The Labute approximate surface area is 180 Å². The summed E-state index contributed by atoms with van der Waals surface area (Å²) in [5, 5.41) is 16.4. The lowest BCUT2D eigenvalue weighted by molar-refractivity contribution is -0.138. The molecule has 0 spiro atoms. The van der Waals surface area contributed by atoms with Crippen molar-refractivity contribution in [3.05, 3.63) is 0 Å². The number of hydrogen-bond donors (Lipinski definition) is 3. The van der Waals surface area contributed by atoms with Crippen LogP contribution in [0.3, 0.4) is 0 Å². The molecule has 8 heteroatoms. The molecular formula is C19H37IN4O3. The predicted octanol–water partition coefficient (Wildman–Crippen LogP) is 1.60. The van der Waals surface area contributed by atoms with Crippen molar-refractivity contribution < 1.29 is 14.6 Å². The average molecular weight is 496 g/mol. The molecule has 158 valence electrons. The Morgan fingerprint density at radius 2 is 1.96 bits per heavy atom. The summed E-state index contributed by atoms with van der Waals surface area (Å²) in [6.45, 7) is 4.68. The van der Waals surface area contributed by atoms with Crippen molar-refractivity contribution in [3.63, 3.8) is 0 Å². The van der Waals surface area contributed by atoms with Gasteiger partial charge in [0.05, 0.1) is 24.7 Å². The largest absolute Gasteiger partial charge is 0.389 e. The van der Waals surface area contributed by atoms with Crippen molar-refractivity contribution >= 4 is 35.8 Å². The monoisotopic (exact) mass is 496 g/mol. The van der Waals surface area contributed by atoms with Crippen LogP contribution in [0.15, 0.2) is 4.99 Å². The first-order valence-corrected chi connectivity index (χ1v) is 9.96. The zero-order valence-corrected chi connectivity index (χ0v) is 19.3. The SMILES string of the molecule is CCNC(=NCC1(C(=O)N(C)C)CCCC1)NCC(O)COCC1CC1.I. The molecule has 0 aromatic rings. The zero-order valence-electron chi connectivity index (χ0n) is 17.0. The number of aliphatic imine (C=N–C) groups is 1. The highest BCUT2D eigenvalue weighted by atomic mass is 127. The molecule has 2 aliphatic rings. The first-order chi connectivity index (χ1) is 12.5. The molecule has 0 saturated heterocycles. The smallest absolute Gasteiger partial charge is 0.230 e. The number of ether oxygens (including phenoxy) is 1. The number of hydrogen-bond acceptors (Lipinski definition) is 4. The average Bonchev–Trinajstić information content (AvgIpc) is 3.31. The minimum atomic E-state index is -0.568.